The lowest BCUT2D eigenvalue weighted by atomic mass is 9.81. The molecule has 1 aliphatic carbocycles. The molecule has 0 spiro atoms. The van der Waals surface area contributed by atoms with E-state index in [1.165, 1.54) is 38.5 Å². The van der Waals surface area contributed by atoms with Crippen molar-refractivity contribution < 1.29 is 4.74 Å². The average Bonchev–Trinajstić information content (AvgIpc) is 2.49. The van der Waals surface area contributed by atoms with E-state index < -0.39 is 0 Å². The predicted molar refractivity (Wildman–Crippen MR) is 84.9 cm³/mol. The van der Waals surface area contributed by atoms with E-state index in [0.29, 0.717) is 18.0 Å². The predicted octanol–water partition coefficient (Wildman–Crippen LogP) is 3.17. The molecule has 0 radical (unpaired) electrons. The minimum Gasteiger partial charge on any atom is -0.375 e. The number of rotatable bonds is 5. The minimum atomic E-state index is 0.0865. The van der Waals surface area contributed by atoms with Crippen molar-refractivity contribution in [2.45, 2.75) is 83.4 Å². The third-order valence-electron chi connectivity index (χ3n) is 5.75. The fourth-order valence-corrected chi connectivity index (χ4v) is 4.29. The van der Waals surface area contributed by atoms with Crippen molar-refractivity contribution in [1.82, 2.24) is 4.90 Å². The van der Waals surface area contributed by atoms with E-state index in [2.05, 4.69) is 25.7 Å². The number of hydrogen-bond acceptors (Lipinski definition) is 3. The van der Waals surface area contributed by atoms with Crippen LogP contribution in [0.5, 0.6) is 0 Å². The summed E-state index contributed by atoms with van der Waals surface area (Å²) in [5.41, 5.74) is 6.13. The third-order valence-corrected chi connectivity index (χ3v) is 5.75. The number of hydrogen-bond donors (Lipinski definition) is 1. The molecule has 0 aromatic rings. The SMILES string of the molecule is CCN(C1CCOC(C)(CC)C1)C1CCCCC1CN. The van der Waals surface area contributed by atoms with E-state index in [4.69, 9.17) is 10.5 Å². The van der Waals surface area contributed by atoms with E-state index in [0.717, 1.165) is 26.1 Å². The Morgan fingerprint density at radius 3 is 2.60 bits per heavy atom. The summed E-state index contributed by atoms with van der Waals surface area (Å²) in [4.78, 5) is 2.77. The Hall–Kier alpha value is -0.120. The largest absolute Gasteiger partial charge is 0.375 e. The molecule has 0 amide bonds. The Labute approximate surface area is 125 Å². The van der Waals surface area contributed by atoms with E-state index in [1.54, 1.807) is 0 Å². The lowest BCUT2D eigenvalue weighted by molar-refractivity contribution is -0.106. The summed E-state index contributed by atoms with van der Waals surface area (Å²) in [5, 5.41) is 0. The molecule has 118 valence electrons. The Morgan fingerprint density at radius 2 is 1.95 bits per heavy atom. The quantitative estimate of drug-likeness (QED) is 0.841. The van der Waals surface area contributed by atoms with Gasteiger partial charge in [0.25, 0.3) is 0 Å². The molecule has 3 nitrogen and oxygen atoms in total. The van der Waals surface area contributed by atoms with Crippen molar-refractivity contribution in [3.8, 4) is 0 Å². The molecule has 2 aliphatic rings. The van der Waals surface area contributed by atoms with Crippen molar-refractivity contribution in [2.75, 3.05) is 19.7 Å². The average molecular weight is 282 g/mol. The lowest BCUT2D eigenvalue weighted by Gasteiger charge is -2.48. The molecule has 1 heterocycles. The van der Waals surface area contributed by atoms with Gasteiger partial charge in [-0.25, -0.2) is 0 Å². The first-order valence-corrected chi connectivity index (χ1v) is 8.73. The molecular formula is C17H34N2O. The smallest absolute Gasteiger partial charge is 0.0666 e. The molecule has 4 unspecified atom stereocenters. The molecule has 2 N–H and O–H groups in total. The number of ether oxygens (including phenoxy) is 1. The maximum atomic E-state index is 6.04. The van der Waals surface area contributed by atoms with Gasteiger partial charge in [0.15, 0.2) is 0 Å². The van der Waals surface area contributed by atoms with E-state index in [-0.39, 0.29) is 5.60 Å². The first-order chi connectivity index (χ1) is 9.63. The maximum absolute atomic E-state index is 6.04. The fourth-order valence-electron chi connectivity index (χ4n) is 4.29. The summed E-state index contributed by atoms with van der Waals surface area (Å²) in [7, 11) is 0. The van der Waals surface area contributed by atoms with E-state index in [9.17, 15) is 0 Å². The number of nitrogens with two attached hydrogens (primary N) is 1. The summed E-state index contributed by atoms with van der Waals surface area (Å²) < 4.78 is 6.03. The second-order valence-corrected chi connectivity index (χ2v) is 6.98. The van der Waals surface area contributed by atoms with Crippen LogP contribution in [0.25, 0.3) is 0 Å². The lowest BCUT2D eigenvalue weighted by Crippen LogP contribution is -2.54. The van der Waals surface area contributed by atoms with Crippen LogP contribution in [0.15, 0.2) is 0 Å². The summed E-state index contributed by atoms with van der Waals surface area (Å²) in [6.45, 7) is 9.80. The van der Waals surface area contributed by atoms with Gasteiger partial charge < -0.3 is 10.5 Å². The highest BCUT2D eigenvalue weighted by Crippen LogP contribution is 2.35. The molecule has 1 aliphatic heterocycles. The Bertz CT molecular complexity index is 297. The van der Waals surface area contributed by atoms with Gasteiger partial charge in [0, 0.05) is 18.7 Å². The van der Waals surface area contributed by atoms with Gasteiger partial charge in [0.05, 0.1) is 5.60 Å². The topological polar surface area (TPSA) is 38.5 Å². The van der Waals surface area contributed by atoms with Gasteiger partial charge in [0.2, 0.25) is 0 Å². The monoisotopic (exact) mass is 282 g/mol. The first-order valence-electron chi connectivity index (χ1n) is 8.73. The van der Waals surface area contributed by atoms with Gasteiger partial charge >= 0.3 is 0 Å². The summed E-state index contributed by atoms with van der Waals surface area (Å²) in [6, 6.07) is 1.40. The molecule has 1 saturated carbocycles. The maximum Gasteiger partial charge on any atom is 0.0666 e. The van der Waals surface area contributed by atoms with Crippen molar-refractivity contribution >= 4 is 0 Å². The van der Waals surface area contributed by atoms with Crippen LogP contribution in [0.4, 0.5) is 0 Å². The van der Waals surface area contributed by atoms with Crippen molar-refractivity contribution in [1.29, 1.82) is 0 Å². The van der Waals surface area contributed by atoms with Gasteiger partial charge in [-0.2, -0.15) is 0 Å². The van der Waals surface area contributed by atoms with Crippen molar-refractivity contribution in [2.24, 2.45) is 11.7 Å². The van der Waals surface area contributed by atoms with Crippen LogP contribution in [-0.2, 0) is 4.74 Å². The van der Waals surface area contributed by atoms with Crippen LogP contribution in [0, 0.1) is 5.92 Å². The molecular weight excluding hydrogens is 248 g/mol. The molecule has 20 heavy (non-hydrogen) atoms. The van der Waals surface area contributed by atoms with Crippen LogP contribution in [0.2, 0.25) is 0 Å². The van der Waals surface area contributed by atoms with Gasteiger partial charge in [0.1, 0.15) is 0 Å². The summed E-state index contributed by atoms with van der Waals surface area (Å²) >= 11 is 0. The molecule has 1 saturated heterocycles. The minimum absolute atomic E-state index is 0.0865. The van der Waals surface area contributed by atoms with Crippen LogP contribution in [-0.4, -0.2) is 42.3 Å². The molecule has 0 aromatic carbocycles. The van der Waals surface area contributed by atoms with Crippen molar-refractivity contribution in [3.63, 3.8) is 0 Å². The summed E-state index contributed by atoms with van der Waals surface area (Å²) in [5.74, 6) is 0.708. The highest BCUT2D eigenvalue weighted by Gasteiger charge is 2.38. The highest BCUT2D eigenvalue weighted by atomic mass is 16.5. The fraction of sp³-hybridized carbons (Fsp3) is 1.00. The Morgan fingerprint density at radius 1 is 1.20 bits per heavy atom. The Balaban J connectivity index is 2.06. The molecule has 0 bridgehead atoms. The first kappa shape index (κ1) is 16.3. The highest BCUT2D eigenvalue weighted by molar-refractivity contribution is 4.92. The standard InChI is InChI=1S/C17H34N2O/c1-4-17(3)12-15(10-11-20-17)19(5-2)16-9-7-6-8-14(16)13-18/h14-16H,4-13,18H2,1-3H3. The van der Waals surface area contributed by atoms with Crippen LogP contribution >= 0.6 is 0 Å². The molecule has 4 atom stereocenters. The third kappa shape index (κ3) is 3.55. The molecule has 2 rings (SSSR count). The zero-order valence-electron chi connectivity index (χ0n) is 13.7. The second kappa shape index (κ2) is 7.24. The molecule has 2 fully saturated rings. The van der Waals surface area contributed by atoms with Crippen LogP contribution in [0.3, 0.4) is 0 Å². The van der Waals surface area contributed by atoms with Crippen LogP contribution in [0.1, 0.15) is 65.7 Å². The van der Waals surface area contributed by atoms with Gasteiger partial charge in [-0.1, -0.05) is 26.7 Å². The molecule has 0 aromatic heterocycles. The summed E-state index contributed by atoms with van der Waals surface area (Å²) in [6.07, 6.45) is 8.92. The second-order valence-electron chi connectivity index (χ2n) is 6.98. The normalized spacial score (nSPS) is 39.1. The van der Waals surface area contributed by atoms with Gasteiger partial charge in [-0.15, -0.1) is 0 Å². The van der Waals surface area contributed by atoms with Gasteiger partial charge in [-0.3, -0.25) is 4.90 Å². The number of nitrogens with zero attached hydrogens (tertiary/aromatic N) is 1. The van der Waals surface area contributed by atoms with Crippen LogP contribution < -0.4 is 5.73 Å². The van der Waals surface area contributed by atoms with E-state index in [1.807, 2.05) is 0 Å². The zero-order chi connectivity index (χ0) is 14.6. The van der Waals surface area contributed by atoms with Crippen molar-refractivity contribution in [3.05, 3.63) is 0 Å². The Kier molecular flexibility index (Phi) is 5.88. The molecule has 3 heteroatoms. The zero-order valence-corrected chi connectivity index (χ0v) is 13.7. The van der Waals surface area contributed by atoms with Gasteiger partial charge in [-0.05, 0) is 58.0 Å². The van der Waals surface area contributed by atoms with E-state index >= 15 is 0 Å².